The molecule has 1 aromatic rings. The van der Waals surface area contributed by atoms with E-state index < -0.39 is 6.04 Å². The van der Waals surface area contributed by atoms with Crippen LogP contribution in [0.15, 0.2) is 35.5 Å². The first-order chi connectivity index (χ1) is 10.4. The van der Waals surface area contributed by atoms with Gasteiger partial charge in [-0.1, -0.05) is 26.0 Å². The summed E-state index contributed by atoms with van der Waals surface area (Å²) in [6.45, 7) is 6.03. The predicted molar refractivity (Wildman–Crippen MR) is 88.2 cm³/mol. The first kappa shape index (κ1) is 16.3. The molecule has 0 spiro atoms. The van der Waals surface area contributed by atoms with Crippen molar-refractivity contribution in [1.29, 1.82) is 0 Å². The SMILES string of the molecule is CCOC(=O)C1=C(C(C)C)NC(=S)NC1c1cccc(O)c1. The normalized spacial score (nSPS) is 18.0. The molecule has 118 valence electrons. The smallest absolute Gasteiger partial charge is 0.338 e. The number of esters is 1. The monoisotopic (exact) mass is 320 g/mol. The molecule has 1 atom stereocenters. The van der Waals surface area contributed by atoms with Crippen LogP contribution in [0.1, 0.15) is 32.4 Å². The molecule has 0 saturated carbocycles. The van der Waals surface area contributed by atoms with E-state index in [4.69, 9.17) is 17.0 Å². The van der Waals surface area contributed by atoms with E-state index in [0.717, 1.165) is 11.3 Å². The zero-order valence-corrected chi connectivity index (χ0v) is 13.7. The molecule has 1 heterocycles. The summed E-state index contributed by atoms with van der Waals surface area (Å²) in [7, 11) is 0. The maximum atomic E-state index is 12.4. The lowest BCUT2D eigenvalue weighted by molar-refractivity contribution is -0.139. The number of thiocarbonyl (C=S) groups is 1. The molecule has 0 fully saturated rings. The van der Waals surface area contributed by atoms with Crippen LogP contribution in [0.4, 0.5) is 0 Å². The molecule has 1 aromatic carbocycles. The molecule has 1 aliphatic heterocycles. The van der Waals surface area contributed by atoms with Gasteiger partial charge >= 0.3 is 5.97 Å². The van der Waals surface area contributed by atoms with Gasteiger partial charge in [0.1, 0.15) is 5.75 Å². The number of hydrogen-bond donors (Lipinski definition) is 3. The fourth-order valence-electron chi connectivity index (χ4n) is 2.43. The third kappa shape index (κ3) is 3.39. The Bertz CT molecular complexity index is 626. The van der Waals surface area contributed by atoms with Crippen molar-refractivity contribution >= 4 is 23.3 Å². The largest absolute Gasteiger partial charge is 0.508 e. The molecular formula is C16H20N2O3S. The lowest BCUT2D eigenvalue weighted by Crippen LogP contribution is -2.46. The summed E-state index contributed by atoms with van der Waals surface area (Å²) in [5.41, 5.74) is 2.00. The van der Waals surface area contributed by atoms with Gasteiger partial charge in [-0.05, 0) is 42.8 Å². The molecule has 0 amide bonds. The van der Waals surface area contributed by atoms with Crippen molar-refractivity contribution in [2.45, 2.75) is 26.8 Å². The average molecular weight is 320 g/mol. The summed E-state index contributed by atoms with van der Waals surface area (Å²) in [6.07, 6.45) is 0. The maximum Gasteiger partial charge on any atom is 0.338 e. The Morgan fingerprint density at radius 1 is 1.45 bits per heavy atom. The molecule has 0 aromatic heterocycles. The molecule has 0 bridgehead atoms. The molecule has 0 saturated heterocycles. The third-order valence-corrected chi connectivity index (χ3v) is 3.60. The molecule has 6 heteroatoms. The molecule has 0 aliphatic carbocycles. The number of ether oxygens (including phenoxy) is 1. The molecule has 1 aliphatic rings. The third-order valence-electron chi connectivity index (χ3n) is 3.38. The van der Waals surface area contributed by atoms with Crippen molar-refractivity contribution < 1.29 is 14.6 Å². The Morgan fingerprint density at radius 2 is 2.18 bits per heavy atom. The van der Waals surface area contributed by atoms with E-state index >= 15 is 0 Å². The van der Waals surface area contributed by atoms with Crippen LogP contribution in [-0.4, -0.2) is 22.8 Å². The number of carbonyl (C=O) groups excluding carboxylic acids is 1. The molecule has 1 unspecified atom stereocenters. The number of benzene rings is 1. The summed E-state index contributed by atoms with van der Waals surface area (Å²) >= 11 is 5.25. The van der Waals surface area contributed by atoms with Gasteiger partial charge in [-0.2, -0.15) is 0 Å². The zero-order valence-electron chi connectivity index (χ0n) is 12.8. The van der Waals surface area contributed by atoms with Crippen LogP contribution < -0.4 is 10.6 Å². The molecule has 0 radical (unpaired) electrons. The number of carbonyl (C=O) groups is 1. The Balaban J connectivity index is 2.55. The van der Waals surface area contributed by atoms with E-state index in [0.29, 0.717) is 17.3 Å². The van der Waals surface area contributed by atoms with Crippen LogP contribution in [0.3, 0.4) is 0 Å². The number of phenols is 1. The summed E-state index contributed by atoms with van der Waals surface area (Å²) in [5, 5.41) is 16.3. The highest BCUT2D eigenvalue weighted by Gasteiger charge is 2.33. The van der Waals surface area contributed by atoms with Gasteiger partial charge in [0.2, 0.25) is 0 Å². The average Bonchev–Trinajstić information content (AvgIpc) is 2.46. The van der Waals surface area contributed by atoms with Crippen LogP contribution in [0, 0.1) is 5.92 Å². The fourth-order valence-corrected chi connectivity index (χ4v) is 2.66. The Labute approximate surface area is 135 Å². The van der Waals surface area contributed by atoms with Crippen LogP contribution in [0.5, 0.6) is 5.75 Å². The highest BCUT2D eigenvalue weighted by Crippen LogP contribution is 2.31. The number of nitrogens with one attached hydrogen (secondary N) is 2. The summed E-state index contributed by atoms with van der Waals surface area (Å²) in [4.78, 5) is 12.4. The van der Waals surface area contributed by atoms with Crippen LogP contribution in [0.25, 0.3) is 0 Å². The maximum absolute atomic E-state index is 12.4. The van der Waals surface area contributed by atoms with E-state index in [2.05, 4.69) is 10.6 Å². The van der Waals surface area contributed by atoms with Crippen LogP contribution >= 0.6 is 12.2 Å². The Kier molecular flexibility index (Phi) is 5.03. The quantitative estimate of drug-likeness (QED) is 0.584. The number of phenolic OH excluding ortho intramolecular Hbond substituents is 1. The standard InChI is InChI=1S/C16H20N2O3S/c1-4-21-15(20)12-13(9(2)3)17-16(22)18-14(12)10-6-5-7-11(19)8-10/h5-9,14,19H,4H2,1-3H3,(H2,17,18,22). The summed E-state index contributed by atoms with van der Waals surface area (Å²) in [6, 6.07) is 6.32. The van der Waals surface area contributed by atoms with Crippen molar-refractivity contribution in [3.8, 4) is 5.75 Å². The summed E-state index contributed by atoms with van der Waals surface area (Å²) in [5.74, 6) is -0.167. The lowest BCUT2D eigenvalue weighted by atomic mass is 9.91. The van der Waals surface area contributed by atoms with Gasteiger partial charge in [0, 0.05) is 5.70 Å². The molecule has 3 N–H and O–H groups in total. The topological polar surface area (TPSA) is 70.6 Å². The van der Waals surface area contributed by atoms with E-state index in [1.54, 1.807) is 25.1 Å². The highest BCUT2D eigenvalue weighted by molar-refractivity contribution is 7.80. The van der Waals surface area contributed by atoms with Crippen molar-refractivity contribution in [3.63, 3.8) is 0 Å². The molecule has 5 nitrogen and oxygen atoms in total. The van der Waals surface area contributed by atoms with E-state index in [9.17, 15) is 9.90 Å². The highest BCUT2D eigenvalue weighted by atomic mass is 32.1. The van der Waals surface area contributed by atoms with Crippen molar-refractivity contribution in [2.24, 2.45) is 5.92 Å². The van der Waals surface area contributed by atoms with Gasteiger partial charge in [0.05, 0.1) is 18.2 Å². The van der Waals surface area contributed by atoms with Gasteiger partial charge in [0.25, 0.3) is 0 Å². The van der Waals surface area contributed by atoms with Gasteiger partial charge in [-0.15, -0.1) is 0 Å². The van der Waals surface area contributed by atoms with E-state index in [1.807, 2.05) is 19.9 Å². The molecule has 22 heavy (non-hydrogen) atoms. The second-order valence-corrected chi connectivity index (χ2v) is 5.74. The number of allylic oxidation sites excluding steroid dienone is 1. The van der Waals surface area contributed by atoms with Crippen LogP contribution in [-0.2, 0) is 9.53 Å². The van der Waals surface area contributed by atoms with Gasteiger partial charge < -0.3 is 20.5 Å². The van der Waals surface area contributed by atoms with Gasteiger partial charge in [-0.25, -0.2) is 4.79 Å². The second kappa shape index (κ2) is 6.79. The van der Waals surface area contributed by atoms with Crippen molar-refractivity contribution in [3.05, 3.63) is 41.1 Å². The van der Waals surface area contributed by atoms with E-state index in [-0.39, 0.29) is 17.6 Å². The van der Waals surface area contributed by atoms with Crippen molar-refractivity contribution in [1.82, 2.24) is 10.6 Å². The fraction of sp³-hybridized carbons (Fsp3) is 0.375. The van der Waals surface area contributed by atoms with Crippen LogP contribution in [0.2, 0.25) is 0 Å². The van der Waals surface area contributed by atoms with Crippen molar-refractivity contribution in [2.75, 3.05) is 6.61 Å². The minimum Gasteiger partial charge on any atom is -0.508 e. The Morgan fingerprint density at radius 3 is 2.77 bits per heavy atom. The number of rotatable bonds is 4. The van der Waals surface area contributed by atoms with Gasteiger partial charge in [0.15, 0.2) is 5.11 Å². The number of aromatic hydroxyl groups is 1. The zero-order chi connectivity index (χ0) is 16.3. The molecular weight excluding hydrogens is 300 g/mol. The minimum absolute atomic E-state index is 0.0827. The minimum atomic E-state index is -0.447. The lowest BCUT2D eigenvalue weighted by Gasteiger charge is -2.32. The summed E-state index contributed by atoms with van der Waals surface area (Å²) < 4.78 is 5.20. The second-order valence-electron chi connectivity index (χ2n) is 5.33. The predicted octanol–water partition coefficient (Wildman–Crippen LogP) is 2.38. The van der Waals surface area contributed by atoms with E-state index in [1.165, 1.54) is 0 Å². The Hall–Kier alpha value is -2.08. The van der Waals surface area contributed by atoms with Gasteiger partial charge in [-0.3, -0.25) is 0 Å². The molecule has 2 rings (SSSR count). The first-order valence-electron chi connectivity index (χ1n) is 7.21. The number of hydrogen-bond acceptors (Lipinski definition) is 4. The first-order valence-corrected chi connectivity index (χ1v) is 7.62.